The van der Waals surface area contributed by atoms with Crippen LogP contribution < -0.4 is 0 Å². The average Bonchev–Trinajstić information content (AvgIpc) is 2.62. The number of nitrogens with zero attached hydrogens (tertiary/aromatic N) is 1. The van der Waals surface area contributed by atoms with Crippen molar-refractivity contribution < 1.29 is 19.1 Å². The molecule has 1 amide bonds. The van der Waals surface area contributed by atoms with Crippen molar-refractivity contribution in [2.45, 2.75) is 52.6 Å². The minimum Gasteiger partial charge on any atom is -0.436 e. The standard InChI is InChI=1S/C11H19NO4/c1-4-11(16-9(3)13)15-8(2)12-7-5-6-10(12)14/h8,11H,4-7H2,1-3H3. The molecule has 5 nitrogen and oxygen atoms in total. The zero-order valence-corrected chi connectivity index (χ0v) is 10.1. The molecule has 1 saturated heterocycles. The van der Waals surface area contributed by atoms with Gasteiger partial charge in [-0.1, -0.05) is 6.92 Å². The van der Waals surface area contributed by atoms with Gasteiger partial charge < -0.3 is 14.4 Å². The van der Waals surface area contributed by atoms with Gasteiger partial charge in [-0.3, -0.25) is 9.59 Å². The average molecular weight is 229 g/mol. The lowest BCUT2D eigenvalue weighted by molar-refractivity contribution is -0.204. The Labute approximate surface area is 95.7 Å². The normalized spacial score (nSPS) is 19.7. The number of ether oxygens (including phenoxy) is 2. The van der Waals surface area contributed by atoms with E-state index in [1.165, 1.54) is 6.92 Å². The van der Waals surface area contributed by atoms with Crippen LogP contribution in [0.4, 0.5) is 0 Å². The van der Waals surface area contributed by atoms with Crippen LogP contribution in [0.15, 0.2) is 0 Å². The summed E-state index contributed by atoms with van der Waals surface area (Å²) in [6, 6.07) is 0. The summed E-state index contributed by atoms with van der Waals surface area (Å²) >= 11 is 0. The van der Waals surface area contributed by atoms with E-state index in [1.54, 1.807) is 11.8 Å². The number of carbonyl (C=O) groups is 2. The summed E-state index contributed by atoms with van der Waals surface area (Å²) in [5, 5.41) is 0. The summed E-state index contributed by atoms with van der Waals surface area (Å²) < 4.78 is 10.5. The first kappa shape index (κ1) is 13.0. The predicted molar refractivity (Wildman–Crippen MR) is 57.3 cm³/mol. The van der Waals surface area contributed by atoms with Gasteiger partial charge in [0.15, 0.2) is 0 Å². The molecular formula is C11H19NO4. The third-order valence-corrected chi connectivity index (χ3v) is 2.53. The fraction of sp³-hybridized carbons (Fsp3) is 0.818. The summed E-state index contributed by atoms with van der Waals surface area (Å²) in [5.41, 5.74) is 0. The second-order valence-electron chi connectivity index (χ2n) is 3.87. The Kier molecular flexibility index (Phi) is 4.73. The lowest BCUT2D eigenvalue weighted by Crippen LogP contribution is -2.39. The van der Waals surface area contributed by atoms with Crippen molar-refractivity contribution in [2.24, 2.45) is 0 Å². The molecule has 16 heavy (non-hydrogen) atoms. The number of esters is 1. The smallest absolute Gasteiger partial charge is 0.304 e. The zero-order chi connectivity index (χ0) is 12.1. The van der Waals surface area contributed by atoms with Gasteiger partial charge in [-0.15, -0.1) is 0 Å². The van der Waals surface area contributed by atoms with Gasteiger partial charge in [0.05, 0.1) is 0 Å². The van der Waals surface area contributed by atoms with Crippen molar-refractivity contribution in [1.29, 1.82) is 0 Å². The van der Waals surface area contributed by atoms with Crippen molar-refractivity contribution in [3.05, 3.63) is 0 Å². The molecule has 0 aromatic heterocycles. The van der Waals surface area contributed by atoms with Crippen LogP contribution in [-0.4, -0.2) is 35.8 Å². The summed E-state index contributed by atoms with van der Waals surface area (Å²) in [4.78, 5) is 23.9. The van der Waals surface area contributed by atoms with Crippen LogP contribution in [0.5, 0.6) is 0 Å². The first-order valence-corrected chi connectivity index (χ1v) is 5.66. The van der Waals surface area contributed by atoms with Gasteiger partial charge in [-0.05, 0) is 13.3 Å². The van der Waals surface area contributed by atoms with E-state index < -0.39 is 6.29 Å². The quantitative estimate of drug-likeness (QED) is 0.526. The highest BCUT2D eigenvalue weighted by Gasteiger charge is 2.27. The summed E-state index contributed by atoms with van der Waals surface area (Å²) in [7, 11) is 0. The largest absolute Gasteiger partial charge is 0.436 e. The molecule has 1 aliphatic heterocycles. The molecule has 1 rings (SSSR count). The number of amides is 1. The Morgan fingerprint density at radius 2 is 2.25 bits per heavy atom. The third kappa shape index (κ3) is 3.48. The van der Waals surface area contributed by atoms with Gasteiger partial charge in [0.25, 0.3) is 0 Å². The molecule has 2 atom stereocenters. The summed E-state index contributed by atoms with van der Waals surface area (Å²) in [5.74, 6) is -0.267. The minimum absolute atomic E-state index is 0.102. The molecule has 1 heterocycles. The molecule has 2 unspecified atom stereocenters. The zero-order valence-electron chi connectivity index (χ0n) is 10.1. The highest BCUT2D eigenvalue weighted by atomic mass is 16.7. The van der Waals surface area contributed by atoms with Gasteiger partial charge >= 0.3 is 5.97 Å². The van der Waals surface area contributed by atoms with Crippen LogP contribution in [0.2, 0.25) is 0 Å². The van der Waals surface area contributed by atoms with E-state index in [0.717, 1.165) is 13.0 Å². The molecule has 0 aromatic rings. The molecular weight excluding hydrogens is 210 g/mol. The summed E-state index contributed by atoms with van der Waals surface area (Å²) in [6.45, 7) is 5.73. The number of hydrogen-bond donors (Lipinski definition) is 0. The molecule has 1 fully saturated rings. The molecule has 92 valence electrons. The minimum atomic E-state index is -0.569. The second kappa shape index (κ2) is 5.84. The van der Waals surface area contributed by atoms with Crippen LogP contribution in [0.25, 0.3) is 0 Å². The molecule has 1 aliphatic rings. The molecule has 5 heteroatoms. The molecule has 0 radical (unpaired) electrons. The van der Waals surface area contributed by atoms with Gasteiger partial charge in [0, 0.05) is 26.3 Å². The molecule has 0 aliphatic carbocycles. The fourth-order valence-electron chi connectivity index (χ4n) is 1.74. The molecule has 0 bridgehead atoms. The monoisotopic (exact) mass is 229 g/mol. The molecule has 0 saturated carbocycles. The SMILES string of the molecule is CCC(OC(C)=O)OC(C)N1CCCC1=O. The lowest BCUT2D eigenvalue weighted by atomic mass is 10.4. The van der Waals surface area contributed by atoms with Crippen LogP contribution in [-0.2, 0) is 19.1 Å². The van der Waals surface area contributed by atoms with Crippen molar-refractivity contribution in [3.8, 4) is 0 Å². The maximum Gasteiger partial charge on any atom is 0.304 e. The van der Waals surface area contributed by atoms with Crippen molar-refractivity contribution in [2.75, 3.05) is 6.54 Å². The van der Waals surface area contributed by atoms with E-state index in [0.29, 0.717) is 12.8 Å². The van der Waals surface area contributed by atoms with Crippen molar-refractivity contribution >= 4 is 11.9 Å². The van der Waals surface area contributed by atoms with Crippen molar-refractivity contribution in [1.82, 2.24) is 4.90 Å². The van der Waals surface area contributed by atoms with Crippen LogP contribution >= 0.6 is 0 Å². The Hall–Kier alpha value is -1.10. The molecule has 0 N–H and O–H groups in total. The van der Waals surface area contributed by atoms with Crippen molar-refractivity contribution in [3.63, 3.8) is 0 Å². The molecule has 0 spiro atoms. The Balaban J connectivity index is 2.44. The van der Waals surface area contributed by atoms with E-state index >= 15 is 0 Å². The Bertz CT molecular complexity index is 267. The number of rotatable bonds is 5. The van der Waals surface area contributed by atoms with E-state index in [-0.39, 0.29) is 18.1 Å². The molecule has 0 aromatic carbocycles. The van der Waals surface area contributed by atoms with E-state index in [4.69, 9.17) is 9.47 Å². The van der Waals surface area contributed by atoms with E-state index in [2.05, 4.69) is 0 Å². The maximum atomic E-state index is 11.4. The topological polar surface area (TPSA) is 55.8 Å². The van der Waals surface area contributed by atoms with Gasteiger partial charge in [0.2, 0.25) is 12.2 Å². The maximum absolute atomic E-state index is 11.4. The number of hydrogen-bond acceptors (Lipinski definition) is 4. The number of likely N-dealkylation sites (tertiary alicyclic amines) is 1. The van der Waals surface area contributed by atoms with E-state index in [9.17, 15) is 9.59 Å². The van der Waals surface area contributed by atoms with Crippen LogP contribution in [0.3, 0.4) is 0 Å². The third-order valence-electron chi connectivity index (χ3n) is 2.53. The van der Waals surface area contributed by atoms with Gasteiger partial charge in [-0.25, -0.2) is 0 Å². The summed E-state index contributed by atoms with van der Waals surface area (Å²) in [6.07, 6.45) is 1.13. The predicted octanol–water partition coefficient (Wildman–Crippen LogP) is 1.27. The Morgan fingerprint density at radius 1 is 1.56 bits per heavy atom. The highest BCUT2D eigenvalue weighted by Crippen LogP contribution is 2.16. The van der Waals surface area contributed by atoms with Gasteiger partial charge in [0.1, 0.15) is 6.23 Å². The number of carbonyl (C=O) groups excluding carboxylic acids is 2. The Morgan fingerprint density at radius 3 is 2.69 bits per heavy atom. The van der Waals surface area contributed by atoms with Crippen LogP contribution in [0.1, 0.15) is 40.0 Å². The van der Waals surface area contributed by atoms with Gasteiger partial charge in [-0.2, -0.15) is 0 Å². The van der Waals surface area contributed by atoms with Crippen LogP contribution in [0, 0.1) is 0 Å². The first-order valence-electron chi connectivity index (χ1n) is 5.66. The lowest BCUT2D eigenvalue weighted by Gasteiger charge is -2.27. The van der Waals surface area contributed by atoms with E-state index in [1.807, 2.05) is 6.92 Å². The fourth-order valence-corrected chi connectivity index (χ4v) is 1.74. The first-order chi connectivity index (χ1) is 7.54. The second-order valence-corrected chi connectivity index (χ2v) is 3.87. The highest BCUT2D eigenvalue weighted by molar-refractivity contribution is 5.78.